The summed E-state index contributed by atoms with van der Waals surface area (Å²) in [6.45, 7) is 0. The maximum Gasteiger partial charge on any atom is 0.269 e. The van der Waals surface area contributed by atoms with Gasteiger partial charge >= 0.3 is 0 Å². The highest BCUT2D eigenvalue weighted by Crippen LogP contribution is 2.09. The minimum Gasteiger partial charge on any atom is -0.298 e. The normalized spacial score (nSPS) is 9.68. The van der Waals surface area contributed by atoms with Crippen LogP contribution in [0, 0.1) is 0 Å². The molecule has 0 aliphatic rings. The van der Waals surface area contributed by atoms with E-state index in [1.54, 1.807) is 36.4 Å². The topological polar surface area (TPSA) is 83.1 Å². The van der Waals surface area contributed by atoms with Gasteiger partial charge in [-0.3, -0.25) is 30.7 Å². The Kier molecular flexibility index (Phi) is 5.40. The third kappa shape index (κ3) is 4.51. The number of carbonyl (C=O) groups excluding carboxylic acids is 2. The summed E-state index contributed by atoms with van der Waals surface area (Å²) < 4.78 is 0. The molecule has 1 heterocycles. The lowest BCUT2D eigenvalue weighted by Gasteiger charge is -2.10. The van der Waals surface area contributed by atoms with Crippen molar-refractivity contribution in [2.45, 2.75) is 0 Å². The van der Waals surface area contributed by atoms with Gasteiger partial charge in [0, 0.05) is 28.5 Å². The van der Waals surface area contributed by atoms with E-state index in [1.807, 2.05) is 0 Å². The smallest absolute Gasteiger partial charge is 0.269 e. The first-order chi connectivity index (χ1) is 10.6. The summed E-state index contributed by atoms with van der Waals surface area (Å²) in [5, 5.41) is 2.94. The van der Waals surface area contributed by atoms with Crippen LogP contribution in [-0.2, 0) is 0 Å². The fourth-order valence-electron chi connectivity index (χ4n) is 1.50. The number of hydrogen-bond donors (Lipinski definition) is 3. The summed E-state index contributed by atoms with van der Waals surface area (Å²) in [5.41, 5.74) is 5.63. The van der Waals surface area contributed by atoms with E-state index in [0.29, 0.717) is 16.1 Å². The van der Waals surface area contributed by atoms with E-state index >= 15 is 0 Å². The summed E-state index contributed by atoms with van der Waals surface area (Å²) in [7, 11) is 0. The first-order valence-corrected chi connectivity index (χ1v) is 6.92. The molecule has 112 valence electrons. The fraction of sp³-hybridized carbons (Fsp3) is 0. The molecule has 0 aliphatic heterocycles. The van der Waals surface area contributed by atoms with E-state index in [4.69, 9.17) is 23.8 Å². The number of nitrogens with zero attached hydrogens (tertiary/aromatic N) is 1. The monoisotopic (exact) mass is 334 g/mol. The Morgan fingerprint density at radius 1 is 0.909 bits per heavy atom. The van der Waals surface area contributed by atoms with Crippen molar-refractivity contribution in [2.24, 2.45) is 0 Å². The van der Waals surface area contributed by atoms with Crippen molar-refractivity contribution in [3.8, 4) is 0 Å². The van der Waals surface area contributed by atoms with Crippen LogP contribution >= 0.6 is 23.8 Å². The number of rotatable bonds is 2. The van der Waals surface area contributed by atoms with E-state index in [0.717, 1.165) is 0 Å². The van der Waals surface area contributed by atoms with Gasteiger partial charge in [0.05, 0.1) is 0 Å². The molecular weight excluding hydrogens is 324 g/mol. The van der Waals surface area contributed by atoms with Crippen molar-refractivity contribution in [2.75, 3.05) is 0 Å². The summed E-state index contributed by atoms with van der Waals surface area (Å²) in [6.07, 6.45) is 2.99. The van der Waals surface area contributed by atoms with Crippen LogP contribution < -0.4 is 16.2 Å². The Balaban J connectivity index is 1.84. The summed E-state index contributed by atoms with van der Waals surface area (Å²) >= 11 is 10.7. The Hall–Kier alpha value is -2.51. The zero-order valence-electron chi connectivity index (χ0n) is 11.2. The summed E-state index contributed by atoms with van der Waals surface area (Å²) in [6, 6.07) is 9.42. The minimum atomic E-state index is -0.410. The number of nitrogens with one attached hydrogen (secondary N) is 3. The average Bonchev–Trinajstić information content (AvgIpc) is 2.54. The van der Waals surface area contributed by atoms with Crippen LogP contribution in [0.25, 0.3) is 0 Å². The van der Waals surface area contributed by atoms with Crippen LogP contribution in [0.3, 0.4) is 0 Å². The number of pyridine rings is 1. The number of halogens is 1. The molecule has 0 aliphatic carbocycles. The third-order valence-corrected chi connectivity index (χ3v) is 3.02. The molecule has 1 aromatic heterocycles. The molecule has 2 amide bonds. The maximum absolute atomic E-state index is 11.9. The molecule has 0 bridgehead atoms. The molecule has 3 N–H and O–H groups in total. The summed E-state index contributed by atoms with van der Waals surface area (Å²) in [5.74, 6) is -0.808. The highest BCUT2D eigenvalue weighted by Gasteiger charge is 2.09. The predicted octanol–water partition coefficient (Wildman–Crippen LogP) is 1.68. The zero-order valence-corrected chi connectivity index (χ0v) is 12.7. The molecule has 2 aromatic rings. The molecular formula is C14H11ClN4O2S. The van der Waals surface area contributed by atoms with Crippen molar-refractivity contribution in [3.05, 3.63) is 64.9 Å². The Bertz CT molecular complexity index is 692. The van der Waals surface area contributed by atoms with Crippen LogP contribution in [0.15, 0.2) is 48.8 Å². The first kappa shape index (κ1) is 15.9. The molecule has 0 radical (unpaired) electrons. The predicted molar refractivity (Wildman–Crippen MR) is 86.4 cm³/mol. The Labute approximate surface area is 136 Å². The highest BCUT2D eigenvalue weighted by atomic mass is 35.5. The van der Waals surface area contributed by atoms with E-state index < -0.39 is 11.8 Å². The number of hydrogen-bond acceptors (Lipinski definition) is 4. The lowest BCUT2D eigenvalue weighted by molar-refractivity contribution is 0.0934. The van der Waals surface area contributed by atoms with Gasteiger partial charge in [-0.2, -0.15) is 0 Å². The number of benzene rings is 1. The molecule has 8 heteroatoms. The van der Waals surface area contributed by atoms with Crippen LogP contribution in [0.2, 0.25) is 5.02 Å². The van der Waals surface area contributed by atoms with E-state index in [9.17, 15) is 9.59 Å². The standard InChI is InChI=1S/C14H11ClN4O2S/c15-11-3-1-9(2-4-11)12(20)17-14(22)19-18-13(21)10-5-7-16-8-6-10/h1-8H,(H,18,21)(H2,17,19,20,22). The lowest BCUT2D eigenvalue weighted by Crippen LogP contribution is -2.48. The second kappa shape index (κ2) is 7.48. The second-order valence-corrected chi connectivity index (χ2v) is 4.95. The van der Waals surface area contributed by atoms with Crippen molar-refractivity contribution in [1.29, 1.82) is 0 Å². The SMILES string of the molecule is O=C(NNC(=S)NC(=O)c1ccc(Cl)cc1)c1ccncc1. The number of carbonyl (C=O) groups is 2. The molecule has 0 atom stereocenters. The fourth-order valence-corrected chi connectivity index (χ4v) is 1.77. The molecule has 0 saturated carbocycles. The van der Waals surface area contributed by atoms with Gasteiger partial charge in [-0.05, 0) is 48.6 Å². The maximum atomic E-state index is 11.9. The highest BCUT2D eigenvalue weighted by molar-refractivity contribution is 7.80. The number of amides is 2. The van der Waals surface area contributed by atoms with Gasteiger partial charge in [0.2, 0.25) is 0 Å². The Morgan fingerprint density at radius 2 is 1.50 bits per heavy atom. The van der Waals surface area contributed by atoms with Crippen molar-refractivity contribution in [1.82, 2.24) is 21.2 Å². The van der Waals surface area contributed by atoms with Gasteiger partial charge in [0.1, 0.15) is 0 Å². The molecule has 0 unspecified atom stereocenters. The van der Waals surface area contributed by atoms with Crippen LogP contribution in [0.1, 0.15) is 20.7 Å². The van der Waals surface area contributed by atoms with Crippen LogP contribution in [0.5, 0.6) is 0 Å². The van der Waals surface area contributed by atoms with Gasteiger partial charge < -0.3 is 0 Å². The van der Waals surface area contributed by atoms with Crippen molar-refractivity contribution >= 4 is 40.7 Å². The van der Waals surface area contributed by atoms with Gasteiger partial charge in [0.25, 0.3) is 11.8 Å². The Morgan fingerprint density at radius 3 is 2.14 bits per heavy atom. The van der Waals surface area contributed by atoms with Crippen molar-refractivity contribution in [3.63, 3.8) is 0 Å². The van der Waals surface area contributed by atoms with E-state index in [2.05, 4.69) is 21.2 Å². The molecule has 0 fully saturated rings. The van der Waals surface area contributed by atoms with E-state index in [-0.39, 0.29) is 5.11 Å². The van der Waals surface area contributed by atoms with E-state index in [1.165, 1.54) is 12.4 Å². The molecule has 6 nitrogen and oxygen atoms in total. The molecule has 1 aromatic carbocycles. The van der Waals surface area contributed by atoms with Gasteiger partial charge in [-0.1, -0.05) is 11.6 Å². The second-order valence-electron chi connectivity index (χ2n) is 4.11. The lowest BCUT2D eigenvalue weighted by atomic mass is 10.2. The third-order valence-electron chi connectivity index (χ3n) is 2.57. The van der Waals surface area contributed by atoms with Crippen molar-refractivity contribution < 1.29 is 9.59 Å². The van der Waals surface area contributed by atoms with Gasteiger partial charge in [-0.25, -0.2) is 0 Å². The largest absolute Gasteiger partial charge is 0.298 e. The summed E-state index contributed by atoms with van der Waals surface area (Å²) in [4.78, 5) is 27.4. The van der Waals surface area contributed by atoms with Gasteiger partial charge in [-0.15, -0.1) is 0 Å². The number of thiocarbonyl (C=S) groups is 1. The minimum absolute atomic E-state index is 0.0256. The molecule has 2 rings (SSSR count). The molecule has 22 heavy (non-hydrogen) atoms. The quantitative estimate of drug-likeness (QED) is 0.575. The van der Waals surface area contributed by atoms with Crippen LogP contribution in [0.4, 0.5) is 0 Å². The number of hydrazine groups is 1. The first-order valence-electron chi connectivity index (χ1n) is 6.13. The zero-order chi connectivity index (χ0) is 15.9. The molecule has 0 spiro atoms. The van der Waals surface area contributed by atoms with Gasteiger partial charge in [0.15, 0.2) is 5.11 Å². The average molecular weight is 335 g/mol. The number of aromatic nitrogens is 1. The van der Waals surface area contributed by atoms with Crippen LogP contribution in [-0.4, -0.2) is 21.9 Å². The molecule has 0 saturated heterocycles.